The van der Waals surface area contributed by atoms with Gasteiger partial charge in [-0.15, -0.1) is 11.8 Å². The van der Waals surface area contributed by atoms with Crippen LogP contribution in [0.25, 0.3) is 0 Å². The maximum absolute atomic E-state index is 13.4. The van der Waals surface area contributed by atoms with E-state index in [1.54, 1.807) is 0 Å². The van der Waals surface area contributed by atoms with E-state index in [-0.39, 0.29) is 16.2 Å². The molecule has 0 saturated heterocycles. The lowest BCUT2D eigenvalue weighted by molar-refractivity contribution is 0.101. The summed E-state index contributed by atoms with van der Waals surface area (Å²) in [7, 11) is 0. The van der Waals surface area contributed by atoms with E-state index in [2.05, 4.69) is 0 Å². The second-order valence-corrected chi connectivity index (χ2v) is 4.93. The minimum Gasteiger partial charge on any atom is -0.293 e. The summed E-state index contributed by atoms with van der Waals surface area (Å²) >= 11 is 0.820. The second kappa shape index (κ2) is 6.09. The van der Waals surface area contributed by atoms with Crippen molar-refractivity contribution in [3.05, 3.63) is 65.2 Å². The number of carbonyl (C=O) groups excluding carboxylic acids is 1. The average molecular weight is 300 g/mol. The van der Waals surface area contributed by atoms with Gasteiger partial charge in [0.05, 0.1) is 11.3 Å². The van der Waals surface area contributed by atoms with E-state index in [1.165, 1.54) is 6.07 Å². The van der Waals surface area contributed by atoms with Crippen LogP contribution in [0.5, 0.6) is 0 Å². The van der Waals surface area contributed by atoms with Gasteiger partial charge < -0.3 is 0 Å². The number of Topliss-reactive ketones (excluding diaryl/α,β-unsaturated/α-hetero) is 1. The molecule has 1 nitrogen and oxygen atoms in total. The smallest absolute Gasteiger partial charge is 0.176 e. The van der Waals surface area contributed by atoms with Crippen molar-refractivity contribution >= 4 is 17.5 Å². The van der Waals surface area contributed by atoms with Crippen molar-refractivity contribution in [3.63, 3.8) is 0 Å². The number of hydrogen-bond donors (Lipinski definition) is 0. The topological polar surface area (TPSA) is 17.1 Å². The second-order valence-electron chi connectivity index (χ2n) is 3.91. The van der Waals surface area contributed by atoms with Crippen molar-refractivity contribution in [1.82, 2.24) is 0 Å². The predicted octanol–water partition coefficient (Wildman–Crippen LogP) is 4.22. The Morgan fingerprint density at radius 1 is 0.900 bits per heavy atom. The molecule has 0 saturated carbocycles. The summed E-state index contributed by atoms with van der Waals surface area (Å²) in [6, 6.07) is 5.58. The molecule has 0 aliphatic carbocycles. The van der Waals surface area contributed by atoms with E-state index in [4.69, 9.17) is 0 Å². The Hall–Kier alpha value is -1.82. The summed E-state index contributed by atoms with van der Waals surface area (Å²) in [5.74, 6) is -4.08. The van der Waals surface area contributed by atoms with E-state index < -0.39 is 29.1 Å². The van der Waals surface area contributed by atoms with E-state index >= 15 is 0 Å². The minimum atomic E-state index is -0.963. The van der Waals surface area contributed by atoms with Crippen LogP contribution in [0.2, 0.25) is 0 Å². The predicted molar refractivity (Wildman–Crippen MR) is 67.8 cm³/mol. The number of hydrogen-bond acceptors (Lipinski definition) is 2. The molecule has 0 aliphatic heterocycles. The molecule has 2 aromatic carbocycles. The fourth-order valence-corrected chi connectivity index (χ4v) is 2.33. The van der Waals surface area contributed by atoms with Crippen molar-refractivity contribution in [2.45, 2.75) is 4.90 Å². The molecule has 0 unspecified atom stereocenters. The van der Waals surface area contributed by atoms with Crippen LogP contribution in [0.4, 0.5) is 17.6 Å². The van der Waals surface area contributed by atoms with Crippen LogP contribution in [-0.2, 0) is 0 Å². The highest BCUT2D eigenvalue weighted by molar-refractivity contribution is 8.00. The maximum Gasteiger partial charge on any atom is 0.176 e. The Labute approximate surface area is 116 Å². The van der Waals surface area contributed by atoms with Gasteiger partial charge in [-0.05, 0) is 24.3 Å². The van der Waals surface area contributed by atoms with Gasteiger partial charge in [0, 0.05) is 17.0 Å². The summed E-state index contributed by atoms with van der Waals surface area (Å²) in [5, 5.41) is 0. The normalized spacial score (nSPS) is 10.6. The van der Waals surface area contributed by atoms with Gasteiger partial charge in [-0.3, -0.25) is 4.79 Å². The van der Waals surface area contributed by atoms with Crippen LogP contribution in [0.15, 0.2) is 41.3 Å². The Balaban J connectivity index is 2.08. The molecule has 0 fully saturated rings. The lowest BCUT2D eigenvalue weighted by Crippen LogP contribution is -2.06. The first kappa shape index (κ1) is 14.6. The number of halogens is 4. The molecule has 0 heterocycles. The zero-order valence-electron chi connectivity index (χ0n) is 10.00. The van der Waals surface area contributed by atoms with Crippen LogP contribution >= 0.6 is 11.8 Å². The Morgan fingerprint density at radius 3 is 2.10 bits per heavy atom. The monoisotopic (exact) mass is 300 g/mol. The third-order valence-corrected chi connectivity index (χ3v) is 3.53. The number of thioether (sulfide) groups is 1. The Kier molecular flexibility index (Phi) is 4.44. The van der Waals surface area contributed by atoms with Gasteiger partial charge >= 0.3 is 0 Å². The molecule has 0 spiro atoms. The van der Waals surface area contributed by atoms with Crippen molar-refractivity contribution in [1.29, 1.82) is 0 Å². The lowest BCUT2D eigenvalue weighted by Gasteiger charge is -2.04. The number of benzene rings is 2. The molecule has 0 amide bonds. The van der Waals surface area contributed by atoms with Gasteiger partial charge in [0.1, 0.15) is 23.3 Å². The SMILES string of the molecule is O=C(CSc1ccc(F)cc1F)c1ccc(F)cc1F. The fraction of sp³-hybridized carbons (Fsp3) is 0.0714. The zero-order valence-corrected chi connectivity index (χ0v) is 10.8. The van der Waals surface area contributed by atoms with Crippen LogP contribution in [0, 0.1) is 23.3 Å². The summed E-state index contributed by atoms with van der Waals surface area (Å²) in [6.45, 7) is 0. The van der Waals surface area contributed by atoms with E-state index in [1.807, 2.05) is 0 Å². The number of carbonyl (C=O) groups is 1. The molecule has 104 valence electrons. The summed E-state index contributed by atoms with van der Waals surface area (Å²) in [4.78, 5) is 11.8. The van der Waals surface area contributed by atoms with Crippen molar-refractivity contribution < 1.29 is 22.4 Å². The first-order valence-electron chi connectivity index (χ1n) is 5.53. The average Bonchev–Trinajstić information content (AvgIpc) is 2.37. The van der Waals surface area contributed by atoms with Crippen molar-refractivity contribution in [3.8, 4) is 0 Å². The Bertz CT molecular complexity index is 658. The quantitative estimate of drug-likeness (QED) is 0.478. The van der Waals surface area contributed by atoms with Crippen LogP contribution in [-0.4, -0.2) is 11.5 Å². The number of ketones is 1. The standard InChI is InChI=1S/C14H8F4OS/c15-8-1-3-10(11(17)5-8)13(19)7-20-14-4-2-9(16)6-12(14)18/h1-6H,7H2. The lowest BCUT2D eigenvalue weighted by atomic mass is 10.1. The van der Waals surface area contributed by atoms with Gasteiger partial charge in [0.25, 0.3) is 0 Å². The highest BCUT2D eigenvalue weighted by Gasteiger charge is 2.14. The summed E-state index contributed by atoms with van der Waals surface area (Å²) < 4.78 is 52.1. The molecular formula is C14H8F4OS. The molecule has 2 aromatic rings. The van der Waals surface area contributed by atoms with Gasteiger partial charge in [-0.25, -0.2) is 17.6 Å². The molecule has 0 N–H and O–H groups in total. The van der Waals surface area contributed by atoms with Gasteiger partial charge in [0.2, 0.25) is 0 Å². The van der Waals surface area contributed by atoms with Gasteiger partial charge in [-0.2, -0.15) is 0 Å². The van der Waals surface area contributed by atoms with Crippen LogP contribution in [0.1, 0.15) is 10.4 Å². The van der Waals surface area contributed by atoms with E-state index in [0.29, 0.717) is 12.1 Å². The zero-order chi connectivity index (χ0) is 14.7. The third kappa shape index (κ3) is 3.39. The summed E-state index contributed by atoms with van der Waals surface area (Å²) in [5.41, 5.74) is -0.263. The molecule has 0 bridgehead atoms. The van der Waals surface area contributed by atoms with Crippen LogP contribution < -0.4 is 0 Å². The Morgan fingerprint density at radius 2 is 1.50 bits per heavy atom. The minimum absolute atomic E-state index is 0.0854. The van der Waals surface area contributed by atoms with Gasteiger partial charge in [0.15, 0.2) is 5.78 Å². The molecule has 0 atom stereocenters. The van der Waals surface area contributed by atoms with E-state index in [9.17, 15) is 22.4 Å². The largest absolute Gasteiger partial charge is 0.293 e. The van der Waals surface area contributed by atoms with Crippen LogP contribution in [0.3, 0.4) is 0 Å². The molecule has 0 aromatic heterocycles. The molecule has 6 heteroatoms. The summed E-state index contributed by atoms with van der Waals surface area (Å²) in [6.07, 6.45) is 0. The van der Waals surface area contributed by atoms with Crippen molar-refractivity contribution in [2.24, 2.45) is 0 Å². The highest BCUT2D eigenvalue weighted by Crippen LogP contribution is 2.23. The fourth-order valence-electron chi connectivity index (χ4n) is 1.53. The molecule has 2 rings (SSSR count). The molecule has 20 heavy (non-hydrogen) atoms. The third-order valence-electron chi connectivity index (χ3n) is 2.48. The first-order chi connectivity index (χ1) is 9.47. The van der Waals surface area contributed by atoms with Gasteiger partial charge in [-0.1, -0.05) is 0 Å². The molecule has 0 aliphatic rings. The molecular weight excluding hydrogens is 292 g/mol. The first-order valence-corrected chi connectivity index (χ1v) is 6.52. The molecule has 0 radical (unpaired) electrons. The van der Waals surface area contributed by atoms with E-state index in [0.717, 1.165) is 30.0 Å². The highest BCUT2D eigenvalue weighted by atomic mass is 32.2. The number of rotatable bonds is 4. The maximum atomic E-state index is 13.4. The van der Waals surface area contributed by atoms with Crippen molar-refractivity contribution in [2.75, 3.05) is 5.75 Å².